The second kappa shape index (κ2) is 6.72. The molecule has 0 radical (unpaired) electrons. The first-order valence-corrected chi connectivity index (χ1v) is 7.38. The molecule has 0 aromatic carbocycles. The summed E-state index contributed by atoms with van der Waals surface area (Å²) in [5.74, 6) is 0.957. The molecule has 2 saturated heterocycles. The molecule has 0 bridgehead atoms. The molecule has 2 fully saturated rings. The van der Waals surface area contributed by atoms with E-state index in [0.717, 1.165) is 12.0 Å². The molecule has 2 aliphatic heterocycles. The number of likely N-dealkylation sites (N-methyl/N-ethyl adjacent to an activating group) is 1. The summed E-state index contributed by atoms with van der Waals surface area (Å²) in [5.41, 5.74) is 0. The van der Waals surface area contributed by atoms with Crippen LogP contribution in [-0.2, 0) is 0 Å². The third kappa shape index (κ3) is 4.57. The second-order valence-corrected chi connectivity index (χ2v) is 6.08. The highest BCUT2D eigenvalue weighted by molar-refractivity contribution is 4.78. The van der Waals surface area contributed by atoms with E-state index in [1.54, 1.807) is 0 Å². The number of nitrogens with one attached hydrogen (secondary N) is 1. The fourth-order valence-electron chi connectivity index (χ4n) is 3.00. The third-order valence-electron chi connectivity index (χ3n) is 4.35. The molecule has 2 aliphatic rings. The van der Waals surface area contributed by atoms with E-state index in [9.17, 15) is 0 Å². The van der Waals surface area contributed by atoms with E-state index >= 15 is 0 Å². The second-order valence-electron chi connectivity index (χ2n) is 6.08. The first kappa shape index (κ1) is 13.3. The SMILES string of the molecule is CC1CCN(CCCNC2CCN(C)C2)CC1. The van der Waals surface area contributed by atoms with Crippen molar-refractivity contribution < 1.29 is 0 Å². The van der Waals surface area contributed by atoms with Crippen molar-refractivity contribution in [2.24, 2.45) is 5.92 Å². The molecule has 0 spiro atoms. The van der Waals surface area contributed by atoms with Gasteiger partial charge in [0, 0.05) is 12.6 Å². The van der Waals surface area contributed by atoms with Gasteiger partial charge >= 0.3 is 0 Å². The molecule has 3 heteroatoms. The maximum atomic E-state index is 3.69. The maximum absolute atomic E-state index is 3.69. The number of hydrogen-bond donors (Lipinski definition) is 1. The molecule has 0 amide bonds. The minimum atomic E-state index is 0.751. The van der Waals surface area contributed by atoms with Gasteiger partial charge < -0.3 is 15.1 Å². The molecule has 0 aromatic heterocycles. The number of piperidine rings is 1. The Morgan fingerprint density at radius 2 is 1.88 bits per heavy atom. The molecule has 1 unspecified atom stereocenters. The Hall–Kier alpha value is -0.120. The molecule has 0 saturated carbocycles. The fourth-order valence-corrected chi connectivity index (χ4v) is 3.00. The molecule has 0 aromatic rings. The van der Waals surface area contributed by atoms with Gasteiger partial charge in [-0.05, 0) is 71.4 Å². The number of hydrogen-bond acceptors (Lipinski definition) is 3. The number of nitrogens with zero attached hydrogens (tertiary/aromatic N) is 2. The van der Waals surface area contributed by atoms with Gasteiger partial charge in [0.25, 0.3) is 0 Å². The highest BCUT2D eigenvalue weighted by Crippen LogP contribution is 2.15. The normalized spacial score (nSPS) is 28.9. The molecule has 1 N–H and O–H groups in total. The first-order valence-electron chi connectivity index (χ1n) is 7.38. The van der Waals surface area contributed by atoms with Gasteiger partial charge in [0.15, 0.2) is 0 Å². The Labute approximate surface area is 107 Å². The average Bonchev–Trinajstić information content (AvgIpc) is 2.73. The first-order chi connectivity index (χ1) is 8.24. The van der Waals surface area contributed by atoms with Crippen molar-refractivity contribution in [3.63, 3.8) is 0 Å². The monoisotopic (exact) mass is 239 g/mol. The van der Waals surface area contributed by atoms with Gasteiger partial charge in [-0.1, -0.05) is 6.92 Å². The average molecular weight is 239 g/mol. The molecule has 0 aliphatic carbocycles. The van der Waals surface area contributed by atoms with Crippen LogP contribution in [0.1, 0.15) is 32.6 Å². The lowest BCUT2D eigenvalue weighted by Gasteiger charge is -2.30. The molecule has 2 rings (SSSR count). The van der Waals surface area contributed by atoms with Crippen LogP contribution >= 0.6 is 0 Å². The lowest BCUT2D eigenvalue weighted by atomic mass is 9.99. The number of likely N-dealkylation sites (tertiary alicyclic amines) is 2. The van der Waals surface area contributed by atoms with Crippen LogP contribution in [0.2, 0.25) is 0 Å². The molecule has 3 nitrogen and oxygen atoms in total. The van der Waals surface area contributed by atoms with Crippen LogP contribution in [0.25, 0.3) is 0 Å². The smallest absolute Gasteiger partial charge is 0.0207 e. The molecule has 2 heterocycles. The standard InChI is InChI=1S/C14H29N3/c1-13-4-10-17(11-5-13)8-3-7-15-14-6-9-16(2)12-14/h13-15H,3-12H2,1-2H3. The van der Waals surface area contributed by atoms with Gasteiger partial charge in [-0.25, -0.2) is 0 Å². The van der Waals surface area contributed by atoms with Crippen molar-refractivity contribution in [1.82, 2.24) is 15.1 Å². The van der Waals surface area contributed by atoms with E-state index in [-0.39, 0.29) is 0 Å². The van der Waals surface area contributed by atoms with Crippen LogP contribution in [0, 0.1) is 5.92 Å². The van der Waals surface area contributed by atoms with Crippen LogP contribution in [0.15, 0.2) is 0 Å². The summed E-state index contributed by atoms with van der Waals surface area (Å²) >= 11 is 0. The van der Waals surface area contributed by atoms with E-state index in [1.165, 1.54) is 65.0 Å². The van der Waals surface area contributed by atoms with Crippen molar-refractivity contribution in [2.75, 3.05) is 46.3 Å². The fraction of sp³-hybridized carbons (Fsp3) is 1.00. The summed E-state index contributed by atoms with van der Waals surface area (Å²) in [6, 6.07) is 0.751. The summed E-state index contributed by atoms with van der Waals surface area (Å²) in [6.45, 7) is 10.0. The lowest BCUT2D eigenvalue weighted by molar-refractivity contribution is 0.190. The van der Waals surface area contributed by atoms with Crippen LogP contribution in [0.5, 0.6) is 0 Å². The summed E-state index contributed by atoms with van der Waals surface area (Å²) in [4.78, 5) is 5.06. The highest BCUT2D eigenvalue weighted by atomic mass is 15.2. The van der Waals surface area contributed by atoms with E-state index in [0.29, 0.717) is 0 Å². The zero-order chi connectivity index (χ0) is 12.1. The number of rotatable bonds is 5. The summed E-state index contributed by atoms with van der Waals surface area (Å²) in [6.07, 6.45) is 5.45. The van der Waals surface area contributed by atoms with Gasteiger partial charge in [0.2, 0.25) is 0 Å². The van der Waals surface area contributed by atoms with Gasteiger partial charge in [-0.3, -0.25) is 0 Å². The maximum Gasteiger partial charge on any atom is 0.0207 e. The van der Waals surface area contributed by atoms with Gasteiger partial charge in [-0.2, -0.15) is 0 Å². The largest absolute Gasteiger partial charge is 0.313 e. The van der Waals surface area contributed by atoms with Crippen LogP contribution in [0.4, 0.5) is 0 Å². The van der Waals surface area contributed by atoms with Gasteiger partial charge in [-0.15, -0.1) is 0 Å². The van der Waals surface area contributed by atoms with Crippen LogP contribution in [-0.4, -0.2) is 62.2 Å². The van der Waals surface area contributed by atoms with Gasteiger partial charge in [0.05, 0.1) is 0 Å². The highest BCUT2D eigenvalue weighted by Gasteiger charge is 2.18. The Morgan fingerprint density at radius 3 is 2.53 bits per heavy atom. The van der Waals surface area contributed by atoms with Crippen molar-refractivity contribution >= 4 is 0 Å². The summed E-state index contributed by atoms with van der Waals surface area (Å²) < 4.78 is 0. The predicted molar refractivity (Wildman–Crippen MR) is 73.4 cm³/mol. The zero-order valence-corrected chi connectivity index (χ0v) is 11.6. The van der Waals surface area contributed by atoms with Crippen molar-refractivity contribution in [3.05, 3.63) is 0 Å². The van der Waals surface area contributed by atoms with E-state index in [4.69, 9.17) is 0 Å². The van der Waals surface area contributed by atoms with Crippen molar-refractivity contribution in [3.8, 4) is 0 Å². The summed E-state index contributed by atoms with van der Waals surface area (Å²) in [5, 5.41) is 3.69. The van der Waals surface area contributed by atoms with Crippen molar-refractivity contribution in [1.29, 1.82) is 0 Å². The lowest BCUT2D eigenvalue weighted by Crippen LogP contribution is -2.37. The van der Waals surface area contributed by atoms with Crippen LogP contribution < -0.4 is 5.32 Å². The van der Waals surface area contributed by atoms with Crippen LogP contribution in [0.3, 0.4) is 0 Å². The Morgan fingerprint density at radius 1 is 1.12 bits per heavy atom. The zero-order valence-electron chi connectivity index (χ0n) is 11.6. The Kier molecular flexibility index (Phi) is 5.26. The topological polar surface area (TPSA) is 18.5 Å². The Bertz CT molecular complexity index is 212. The molecular formula is C14H29N3. The van der Waals surface area contributed by atoms with Crippen molar-refractivity contribution in [2.45, 2.75) is 38.6 Å². The van der Waals surface area contributed by atoms with E-state index in [1.807, 2.05) is 0 Å². The van der Waals surface area contributed by atoms with E-state index in [2.05, 4.69) is 29.1 Å². The molecule has 17 heavy (non-hydrogen) atoms. The minimum Gasteiger partial charge on any atom is -0.313 e. The minimum absolute atomic E-state index is 0.751. The van der Waals surface area contributed by atoms with Gasteiger partial charge in [0.1, 0.15) is 0 Å². The predicted octanol–water partition coefficient (Wildman–Crippen LogP) is 1.40. The summed E-state index contributed by atoms with van der Waals surface area (Å²) in [7, 11) is 2.22. The Balaban J connectivity index is 1.49. The molecular weight excluding hydrogens is 210 g/mol. The third-order valence-corrected chi connectivity index (χ3v) is 4.35. The quantitative estimate of drug-likeness (QED) is 0.732. The molecule has 100 valence electrons. The molecule has 1 atom stereocenters. The van der Waals surface area contributed by atoms with E-state index < -0.39 is 0 Å².